The van der Waals surface area contributed by atoms with Crippen molar-refractivity contribution < 1.29 is 14.3 Å². The number of rotatable bonds is 5. The number of hydrogen-bond acceptors (Lipinski definition) is 3. The summed E-state index contributed by atoms with van der Waals surface area (Å²) in [5, 5.41) is 13.1. The second-order valence-corrected chi connectivity index (χ2v) is 7.60. The van der Waals surface area contributed by atoms with Crippen molar-refractivity contribution in [1.82, 2.24) is 15.1 Å². The number of nitrogens with one attached hydrogen (secondary N) is 1. The van der Waals surface area contributed by atoms with Crippen LogP contribution in [0.2, 0.25) is 5.02 Å². The summed E-state index contributed by atoms with van der Waals surface area (Å²) in [4.78, 5) is 20.9. The highest BCUT2D eigenvalue weighted by Gasteiger charge is 2.23. The van der Waals surface area contributed by atoms with Gasteiger partial charge in [0.25, 0.3) is 0 Å². The highest BCUT2D eigenvalue weighted by atomic mass is 127. The average Bonchev–Trinajstić information content (AvgIpc) is 2.75. The van der Waals surface area contributed by atoms with E-state index in [0.717, 1.165) is 17.1 Å². The van der Waals surface area contributed by atoms with Gasteiger partial charge in [-0.15, -0.1) is 24.0 Å². The maximum atomic E-state index is 13.5. The van der Waals surface area contributed by atoms with Gasteiger partial charge in [-0.2, -0.15) is 0 Å². The third-order valence-corrected chi connectivity index (χ3v) is 5.35. The van der Waals surface area contributed by atoms with Crippen molar-refractivity contribution in [3.63, 3.8) is 0 Å². The number of carbonyl (C=O) groups excluding carboxylic acids is 1. The van der Waals surface area contributed by atoms with Crippen LogP contribution in [0.5, 0.6) is 0 Å². The quantitative estimate of drug-likeness (QED) is 0.335. The Morgan fingerprint density at radius 1 is 1.13 bits per heavy atom. The third-order valence-electron chi connectivity index (χ3n) is 5.12. The van der Waals surface area contributed by atoms with Crippen LogP contribution in [0.25, 0.3) is 0 Å². The van der Waals surface area contributed by atoms with Gasteiger partial charge >= 0.3 is 0 Å². The van der Waals surface area contributed by atoms with Crippen LogP contribution < -0.4 is 5.32 Å². The second kappa shape index (κ2) is 12.2. The van der Waals surface area contributed by atoms with E-state index >= 15 is 0 Å². The molecule has 0 radical (unpaired) electrons. The minimum atomic E-state index is -0.413. The van der Waals surface area contributed by atoms with Crippen LogP contribution in [0.3, 0.4) is 0 Å². The SMILES string of the molecule is CN=C(NCc1ccc(F)c(CO)c1)N1CCN(C(=O)Cc2cccc(Cl)c2)CC1.I. The lowest BCUT2D eigenvalue weighted by Gasteiger charge is -2.36. The molecule has 0 aliphatic carbocycles. The minimum Gasteiger partial charge on any atom is -0.392 e. The number of guanidine groups is 1. The zero-order chi connectivity index (χ0) is 21.5. The Morgan fingerprint density at radius 3 is 2.48 bits per heavy atom. The van der Waals surface area contributed by atoms with E-state index in [-0.39, 0.29) is 42.1 Å². The highest BCUT2D eigenvalue weighted by Crippen LogP contribution is 2.14. The molecule has 1 aliphatic heterocycles. The normalized spacial score (nSPS) is 14.3. The molecule has 31 heavy (non-hydrogen) atoms. The van der Waals surface area contributed by atoms with E-state index in [4.69, 9.17) is 11.6 Å². The van der Waals surface area contributed by atoms with Crippen molar-refractivity contribution in [3.8, 4) is 0 Å². The Kier molecular flexibility index (Phi) is 9.98. The van der Waals surface area contributed by atoms with E-state index in [1.807, 2.05) is 23.1 Å². The number of aliphatic imine (C=N–C) groups is 1. The maximum absolute atomic E-state index is 13.5. The molecule has 2 aromatic rings. The zero-order valence-corrected chi connectivity index (χ0v) is 20.4. The predicted molar refractivity (Wildman–Crippen MR) is 131 cm³/mol. The third kappa shape index (κ3) is 7.05. The molecular weight excluding hydrogens is 534 g/mol. The van der Waals surface area contributed by atoms with Gasteiger partial charge < -0.3 is 20.2 Å². The Labute approximate surface area is 204 Å². The lowest BCUT2D eigenvalue weighted by atomic mass is 10.1. The number of aliphatic hydroxyl groups is 1. The molecule has 0 unspecified atom stereocenters. The van der Waals surface area contributed by atoms with Gasteiger partial charge in [-0.1, -0.05) is 29.8 Å². The van der Waals surface area contributed by atoms with E-state index in [1.165, 1.54) is 6.07 Å². The Bertz CT molecular complexity index is 920. The number of benzene rings is 2. The first-order chi connectivity index (χ1) is 14.5. The van der Waals surface area contributed by atoms with Crippen molar-refractivity contribution in [1.29, 1.82) is 0 Å². The van der Waals surface area contributed by atoms with Crippen LogP contribution in [0.1, 0.15) is 16.7 Å². The maximum Gasteiger partial charge on any atom is 0.227 e. The fourth-order valence-electron chi connectivity index (χ4n) is 3.47. The van der Waals surface area contributed by atoms with E-state index in [0.29, 0.717) is 44.2 Å². The number of halogens is 3. The molecule has 6 nitrogen and oxygen atoms in total. The molecule has 1 fully saturated rings. The van der Waals surface area contributed by atoms with E-state index in [9.17, 15) is 14.3 Å². The molecule has 0 bridgehead atoms. The molecule has 2 aromatic carbocycles. The number of nitrogens with zero attached hydrogens (tertiary/aromatic N) is 3. The molecule has 0 saturated carbocycles. The van der Waals surface area contributed by atoms with Gasteiger partial charge in [0.05, 0.1) is 13.0 Å². The monoisotopic (exact) mass is 560 g/mol. The van der Waals surface area contributed by atoms with Gasteiger partial charge in [0.2, 0.25) is 5.91 Å². The summed E-state index contributed by atoms with van der Waals surface area (Å²) < 4.78 is 13.5. The van der Waals surface area contributed by atoms with Crippen LogP contribution in [-0.2, 0) is 24.4 Å². The number of amides is 1. The summed E-state index contributed by atoms with van der Waals surface area (Å²) in [6.07, 6.45) is 0.339. The largest absolute Gasteiger partial charge is 0.392 e. The van der Waals surface area contributed by atoms with Gasteiger partial charge in [-0.05, 0) is 35.4 Å². The molecule has 1 amide bonds. The summed E-state index contributed by atoms with van der Waals surface area (Å²) in [7, 11) is 1.71. The molecule has 1 aliphatic rings. The number of carbonyl (C=O) groups is 1. The Hall–Kier alpha value is -1.91. The first-order valence-electron chi connectivity index (χ1n) is 9.86. The summed E-state index contributed by atoms with van der Waals surface area (Å²) in [5.74, 6) is 0.402. The molecule has 168 valence electrons. The fourth-order valence-corrected chi connectivity index (χ4v) is 3.69. The van der Waals surface area contributed by atoms with Crippen LogP contribution in [0.15, 0.2) is 47.5 Å². The predicted octanol–water partition coefficient (Wildman–Crippen LogP) is 3.05. The topological polar surface area (TPSA) is 68.2 Å². The van der Waals surface area contributed by atoms with Crippen molar-refractivity contribution in [2.45, 2.75) is 19.6 Å². The second-order valence-electron chi connectivity index (χ2n) is 7.16. The molecular formula is C22H27ClFIN4O2. The number of hydrogen-bond donors (Lipinski definition) is 2. The highest BCUT2D eigenvalue weighted by molar-refractivity contribution is 14.0. The molecule has 2 N–H and O–H groups in total. The zero-order valence-electron chi connectivity index (χ0n) is 17.4. The Balaban J connectivity index is 0.00000341. The molecule has 1 heterocycles. The molecule has 3 rings (SSSR count). The standard InChI is InChI=1S/C22H26ClFN4O2.HI/c1-25-22(26-14-17-5-6-20(24)18(11-17)15-29)28-9-7-27(8-10-28)21(30)13-16-3-2-4-19(23)12-16;/h2-6,11-12,29H,7-10,13-15H2,1H3,(H,25,26);1H. The van der Waals surface area contributed by atoms with E-state index in [2.05, 4.69) is 15.2 Å². The lowest BCUT2D eigenvalue weighted by molar-refractivity contribution is -0.131. The van der Waals surface area contributed by atoms with Gasteiger partial charge in [0.15, 0.2) is 5.96 Å². The lowest BCUT2D eigenvalue weighted by Crippen LogP contribution is -2.53. The Morgan fingerprint density at radius 2 is 1.84 bits per heavy atom. The van der Waals surface area contributed by atoms with Crippen molar-refractivity contribution in [2.24, 2.45) is 4.99 Å². The van der Waals surface area contributed by atoms with E-state index in [1.54, 1.807) is 25.2 Å². The van der Waals surface area contributed by atoms with Crippen LogP contribution >= 0.6 is 35.6 Å². The van der Waals surface area contributed by atoms with Gasteiger partial charge in [0, 0.05) is 50.4 Å². The fraction of sp³-hybridized carbons (Fsp3) is 0.364. The summed E-state index contributed by atoms with van der Waals surface area (Å²) in [5.41, 5.74) is 2.04. The molecule has 0 atom stereocenters. The average molecular weight is 561 g/mol. The van der Waals surface area contributed by atoms with Crippen LogP contribution in [-0.4, -0.2) is 60.0 Å². The van der Waals surface area contributed by atoms with Crippen molar-refractivity contribution in [3.05, 3.63) is 70.0 Å². The molecule has 0 spiro atoms. The smallest absolute Gasteiger partial charge is 0.227 e. The molecule has 1 saturated heterocycles. The molecule has 0 aromatic heterocycles. The first-order valence-corrected chi connectivity index (χ1v) is 10.2. The molecule has 9 heteroatoms. The number of piperazine rings is 1. The summed E-state index contributed by atoms with van der Waals surface area (Å²) in [6, 6.07) is 12.0. The summed E-state index contributed by atoms with van der Waals surface area (Å²) in [6.45, 7) is 2.71. The summed E-state index contributed by atoms with van der Waals surface area (Å²) >= 11 is 6.00. The minimum absolute atomic E-state index is 0. The van der Waals surface area contributed by atoms with Crippen LogP contribution in [0, 0.1) is 5.82 Å². The van der Waals surface area contributed by atoms with Gasteiger partial charge in [-0.3, -0.25) is 9.79 Å². The van der Waals surface area contributed by atoms with Crippen molar-refractivity contribution >= 4 is 47.4 Å². The van der Waals surface area contributed by atoms with Crippen molar-refractivity contribution in [2.75, 3.05) is 33.2 Å². The van der Waals surface area contributed by atoms with Gasteiger partial charge in [0.1, 0.15) is 5.82 Å². The van der Waals surface area contributed by atoms with E-state index < -0.39 is 5.82 Å². The van der Waals surface area contributed by atoms with Crippen LogP contribution in [0.4, 0.5) is 4.39 Å². The number of aliphatic hydroxyl groups excluding tert-OH is 1. The van der Waals surface area contributed by atoms with Gasteiger partial charge in [-0.25, -0.2) is 4.39 Å². The first kappa shape index (κ1) is 25.4.